The van der Waals surface area contributed by atoms with E-state index in [2.05, 4.69) is 15.3 Å². The van der Waals surface area contributed by atoms with E-state index in [1.54, 1.807) is 23.9 Å². The van der Waals surface area contributed by atoms with Crippen molar-refractivity contribution in [3.63, 3.8) is 0 Å². The number of rotatable bonds is 6. The van der Waals surface area contributed by atoms with Gasteiger partial charge in [0.25, 0.3) is 5.91 Å². The molecule has 3 aromatic heterocycles. The van der Waals surface area contributed by atoms with Crippen molar-refractivity contribution in [2.45, 2.75) is 24.1 Å². The summed E-state index contributed by atoms with van der Waals surface area (Å²) in [5.41, 5.74) is -0.105. The second kappa shape index (κ2) is 9.30. The van der Waals surface area contributed by atoms with Gasteiger partial charge >= 0.3 is 6.18 Å². The Labute approximate surface area is 224 Å². The third-order valence-electron chi connectivity index (χ3n) is 7.14. The van der Waals surface area contributed by atoms with Crippen molar-refractivity contribution in [2.75, 3.05) is 13.2 Å². The Kier molecular flexibility index (Phi) is 6.29. The molecule has 0 saturated carbocycles. The average Bonchev–Trinajstić information content (AvgIpc) is 3.47. The minimum absolute atomic E-state index is 0.0199. The van der Waals surface area contributed by atoms with Gasteiger partial charge in [-0.15, -0.1) is 0 Å². The van der Waals surface area contributed by atoms with E-state index >= 15 is 0 Å². The lowest BCUT2D eigenvalue weighted by Gasteiger charge is -2.31. The highest BCUT2D eigenvalue weighted by atomic mass is 19.4. The van der Waals surface area contributed by atoms with E-state index < -0.39 is 47.1 Å². The molecule has 2 atom stereocenters. The maximum Gasteiger partial charge on any atom is 0.424 e. The topological polar surface area (TPSA) is 132 Å². The van der Waals surface area contributed by atoms with Crippen LogP contribution in [0.15, 0.2) is 54.9 Å². The van der Waals surface area contributed by atoms with Crippen LogP contribution >= 0.6 is 0 Å². The van der Waals surface area contributed by atoms with Crippen molar-refractivity contribution >= 4 is 22.8 Å². The van der Waals surface area contributed by atoms with E-state index in [9.17, 15) is 32.3 Å². The standard InChI is InChI=1S/C27H23F4N5O4/c1-25(24(32)38)13-40-21-18(25)11-19(35-20(21)14-3-5-15(28)6-4-14)26(39,27(29,30)31)12-34-23(37)17-7-9-33-22-16(17)8-10-36(22)2/h3-11,39H,12-13H2,1-2H3,(H2,32,38)(H,34,37)/t25-,26?/m0/s1. The number of benzene rings is 1. The number of alkyl halides is 3. The van der Waals surface area contributed by atoms with Gasteiger partial charge in [-0.2, -0.15) is 13.2 Å². The van der Waals surface area contributed by atoms with Crippen molar-refractivity contribution in [1.82, 2.24) is 19.9 Å². The number of pyridine rings is 2. The monoisotopic (exact) mass is 557 g/mol. The summed E-state index contributed by atoms with van der Waals surface area (Å²) in [6.07, 6.45) is -2.34. The Hall–Kier alpha value is -4.52. The first-order valence-corrected chi connectivity index (χ1v) is 12.0. The summed E-state index contributed by atoms with van der Waals surface area (Å²) in [5, 5.41) is 13.7. The zero-order chi connectivity index (χ0) is 29.0. The number of ether oxygens (including phenoxy) is 1. The Morgan fingerprint density at radius 2 is 1.90 bits per heavy atom. The molecule has 1 aliphatic heterocycles. The molecule has 0 spiro atoms. The number of nitrogens with two attached hydrogens (primary N) is 1. The first kappa shape index (κ1) is 27.1. The van der Waals surface area contributed by atoms with Gasteiger partial charge in [-0.05, 0) is 49.4 Å². The van der Waals surface area contributed by atoms with Gasteiger partial charge in [-0.3, -0.25) is 9.59 Å². The van der Waals surface area contributed by atoms with Gasteiger partial charge in [0.1, 0.15) is 34.9 Å². The Morgan fingerprint density at radius 3 is 2.55 bits per heavy atom. The fraction of sp³-hybridized carbons (Fsp3) is 0.259. The third-order valence-corrected chi connectivity index (χ3v) is 7.14. The second-order valence-electron chi connectivity index (χ2n) is 9.79. The summed E-state index contributed by atoms with van der Waals surface area (Å²) in [4.78, 5) is 33.6. The fourth-order valence-electron chi connectivity index (χ4n) is 4.60. The number of amides is 2. The molecule has 40 heavy (non-hydrogen) atoms. The van der Waals surface area contributed by atoms with Crippen LogP contribution in [0.4, 0.5) is 17.6 Å². The highest BCUT2D eigenvalue weighted by molar-refractivity contribution is 6.05. The van der Waals surface area contributed by atoms with Crippen molar-refractivity contribution in [3.8, 4) is 17.0 Å². The number of hydrogen-bond donors (Lipinski definition) is 3. The lowest BCUT2D eigenvalue weighted by Crippen LogP contribution is -2.51. The number of fused-ring (bicyclic) bond motifs is 2. The number of nitrogens with one attached hydrogen (secondary N) is 1. The molecule has 0 bridgehead atoms. The Morgan fingerprint density at radius 1 is 1.20 bits per heavy atom. The molecule has 2 amide bonds. The van der Waals surface area contributed by atoms with Gasteiger partial charge in [0.15, 0.2) is 0 Å². The van der Waals surface area contributed by atoms with Crippen molar-refractivity contribution in [3.05, 3.63) is 77.5 Å². The molecular weight excluding hydrogens is 534 g/mol. The predicted molar refractivity (Wildman–Crippen MR) is 135 cm³/mol. The number of aryl methyl sites for hydroxylation is 1. The molecule has 9 nitrogen and oxygen atoms in total. The van der Waals surface area contributed by atoms with Crippen LogP contribution in [0.1, 0.15) is 28.5 Å². The number of aromatic nitrogens is 3. The number of aliphatic hydroxyl groups is 1. The number of halogens is 4. The third kappa shape index (κ3) is 4.22. The molecule has 4 N–H and O–H groups in total. The Balaban J connectivity index is 1.61. The van der Waals surface area contributed by atoms with Crippen LogP contribution in [0.3, 0.4) is 0 Å². The number of primary amides is 1. The van der Waals surface area contributed by atoms with Gasteiger partial charge in [0.2, 0.25) is 11.5 Å². The zero-order valence-corrected chi connectivity index (χ0v) is 21.2. The molecule has 4 aromatic rings. The molecule has 0 saturated heterocycles. The van der Waals surface area contributed by atoms with E-state index in [-0.39, 0.29) is 34.7 Å². The van der Waals surface area contributed by atoms with E-state index in [1.807, 2.05) is 0 Å². The molecule has 0 radical (unpaired) electrons. The van der Waals surface area contributed by atoms with Crippen LogP contribution in [0.2, 0.25) is 0 Å². The molecule has 0 fully saturated rings. The van der Waals surface area contributed by atoms with E-state index in [0.717, 1.165) is 18.2 Å². The fourth-order valence-corrected chi connectivity index (χ4v) is 4.60. The Bertz CT molecular complexity index is 1650. The number of nitrogens with zero attached hydrogens (tertiary/aromatic N) is 3. The molecule has 13 heteroatoms. The maximum absolute atomic E-state index is 14.6. The number of carbonyl (C=O) groups excluding carboxylic acids is 2. The molecule has 1 unspecified atom stereocenters. The van der Waals surface area contributed by atoms with E-state index in [4.69, 9.17) is 10.5 Å². The summed E-state index contributed by atoms with van der Waals surface area (Å²) in [6.45, 7) is -0.204. The zero-order valence-electron chi connectivity index (χ0n) is 21.2. The molecule has 1 aliphatic rings. The van der Waals surface area contributed by atoms with Gasteiger partial charge in [-0.1, -0.05) is 0 Å². The van der Waals surface area contributed by atoms with Gasteiger partial charge in [0.05, 0.1) is 17.8 Å². The summed E-state index contributed by atoms with van der Waals surface area (Å²) >= 11 is 0. The number of hydrogen-bond acceptors (Lipinski definition) is 6. The minimum atomic E-state index is -5.33. The van der Waals surface area contributed by atoms with E-state index in [1.165, 1.54) is 31.3 Å². The molecule has 0 aliphatic carbocycles. The van der Waals surface area contributed by atoms with E-state index in [0.29, 0.717) is 11.0 Å². The SMILES string of the molecule is Cn1ccc2c(C(=O)NCC(O)(c3cc4c(c(-c5ccc(F)cc5)n3)OC[C@]4(C)C(N)=O)C(F)(F)F)ccnc21. The van der Waals surface area contributed by atoms with Gasteiger partial charge in [0, 0.05) is 36.0 Å². The molecule has 208 valence electrons. The predicted octanol–water partition coefficient (Wildman–Crippen LogP) is 3.09. The first-order valence-electron chi connectivity index (χ1n) is 12.0. The number of carbonyl (C=O) groups is 2. The van der Waals surface area contributed by atoms with Crippen molar-refractivity contribution in [2.24, 2.45) is 12.8 Å². The highest BCUT2D eigenvalue weighted by Gasteiger charge is 2.57. The van der Waals surface area contributed by atoms with Gasteiger partial charge in [-0.25, -0.2) is 14.4 Å². The van der Waals surface area contributed by atoms with Crippen LogP contribution in [0.5, 0.6) is 5.75 Å². The smallest absolute Gasteiger partial charge is 0.424 e. The second-order valence-corrected chi connectivity index (χ2v) is 9.79. The molecule has 4 heterocycles. The van der Waals surface area contributed by atoms with Crippen LogP contribution < -0.4 is 15.8 Å². The lowest BCUT2D eigenvalue weighted by molar-refractivity contribution is -0.265. The largest absolute Gasteiger partial charge is 0.489 e. The van der Waals surface area contributed by atoms with Crippen LogP contribution in [0.25, 0.3) is 22.3 Å². The maximum atomic E-state index is 14.6. The lowest BCUT2D eigenvalue weighted by atomic mass is 9.81. The first-order chi connectivity index (χ1) is 18.8. The van der Waals surface area contributed by atoms with Crippen LogP contribution in [0, 0.1) is 5.82 Å². The summed E-state index contributed by atoms with van der Waals surface area (Å²) in [5.74, 6) is -2.38. The van der Waals surface area contributed by atoms with Crippen LogP contribution in [-0.2, 0) is 22.9 Å². The normalized spacial score (nSPS) is 18.2. The molecular formula is C27H23F4N5O4. The van der Waals surface area contributed by atoms with Crippen LogP contribution in [-0.4, -0.2) is 50.8 Å². The molecule has 5 rings (SSSR count). The van der Waals surface area contributed by atoms with Gasteiger partial charge < -0.3 is 25.5 Å². The quantitative estimate of drug-likeness (QED) is 0.312. The highest BCUT2D eigenvalue weighted by Crippen LogP contribution is 2.47. The molecule has 1 aromatic carbocycles. The summed E-state index contributed by atoms with van der Waals surface area (Å²) in [7, 11) is 1.70. The van der Waals surface area contributed by atoms with Crippen molar-refractivity contribution < 1.29 is 37.0 Å². The summed E-state index contributed by atoms with van der Waals surface area (Å²) < 4.78 is 64.6. The average molecular weight is 558 g/mol. The minimum Gasteiger partial charge on any atom is -0.489 e. The van der Waals surface area contributed by atoms with Crippen molar-refractivity contribution in [1.29, 1.82) is 0 Å². The summed E-state index contributed by atoms with van der Waals surface area (Å²) in [6, 6.07) is 8.54.